The standard InChI is InChI=1S/C15H14FNO2/c1-10-6-7-13(16)14(8-10)19-9-11-4-2-3-5-12(11)15(17)18/h2-8H,9H2,1H3,(H2,17,18). The minimum Gasteiger partial charge on any atom is -0.486 e. The number of primary amides is 1. The van der Waals surface area contributed by atoms with E-state index in [9.17, 15) is 9.18 Å². The van der Waals surface area contributed by atoms with Gasteiger partial charge in [-0.2, -0.15) is 0 Å². The van der Waals surface area contributed by atoms with E-state index in [0.717, 1.165) is 5.56 Å². The number of carbonyl (C=O) groups excluding carboxylic acids is 1. The van der Waals surface area contributed by atoms with Gasteiger partial charge in [-0.3, -0.25) is 4.79 Å². The van der Waals surface area contributed by atoms with Gasteiger partial charge in [0.15, 0.2) is 11.6 Å². The minimum absolute atomic E-state index is 0.0967. The van der Waals surface area contributed by atoms with Gasteiger partial charge in [0.25, 0.3) is 0 Å². The Balaban J connectivity index is 2.19. The van der Waals surface area contributed by atoms with Crippen LogP contribution in [0.3, 0.4) is 0 Å². The highest BCUT2D eigenvalue weighted by Crippen LogP contribution is 2.20. The second-order valence-electron chi connectivity index (χ2n) is 4.24. The van der Waals surface area contributed by atoms with E-state index in [2.05, 4.69) is 0 Å². The van der Waals surface area contributed by atoms with Crippen LogP contribution >= 0.6 is 0 Å². The molecule has 3 nitrogen and oxygen atoms in total. The average Bonchev–Trinajstić information content (AvgIpc) is 2.40. The molecule has 2 N–H and O–H groups in total. The van der Waals surface area contributed by atoms with Gasteiger partial charge in [0.2, 0.25) is 5.91 Å². The summed E-state index contributed by atoms with van der Waals surface area (Å²) in [4.78, 5) is 11.2. The molecule has 0 aliphatic heterocycles. The predicted octanol–water partition coefficient (Wildman–Crippen LogP) is 2.81. The van der Waals surface area contributed by atoms with Crippen LogP contribution in [0.15, 0.2) is 42.5 Å². The van der Waals surface area contributed by atoms with Gasteiger partial charge in [0, 0.05) is 11.1 Å². The van der Waals surface area contributed by atoms with Crippen molar-refractivity contribution in [2.45, 2.75) is 13.5 Å². The van der Waals surface area contributed by atoms with E-state index in [0.29, 0.717) is 11.1 Å². The number of benzene rings is 2. The zero-order valence-electron chi connectivity index (χ0n) is 10.5. The fourth-order valence-electron chi connectivity index (χ4n) is 1.76. The molecule has 0 unspecified atom stereocenters. The number of nitrogens with two attached hydrogens (primary N) is 1. The highest BCUT2D eigenvalue weighted by molar-refractivity contribution is 5.94. The van der Waals surface area contributed by atoms with Crippen molar-refractivity contribution in [2.75, 3.05) is 0 Å². The summed E-state index contributed by atoms with van der Waals surface area (Å²) in [5.74, 6) is -0.787. The van der Waals surface area contributed by atoms with Crippen molar-refractivity contribution in [3.05, 3.63) is 65.0 Å². The van der Waals surface area contributed by atoms with Crippen molar-refractivity contribution in [2.24, 2.45) is 5.73 Å². The Bertz CT molecular complexity index is 611. The Morgan fingerprint density at radius 1 is 1.26 bits per heavy atom. The smallest absolute Gasteiger partial charge is 0.249 e. The van der Waals surface area contributed by atoms with Crippen LogP contribution < -0.4 is 10.5 Å². The summed E-state index contributed by atoms with van der Waals surface area (Å²) in [6, 6.07) is 11.5. The molecule has 0 saturated heterocycles. The molecular formula is C15H14FNO2. The van der Waals surface area contributed by atoms with Crippen molar-refractivity contribution < 1.29 is 13.9 Å². The maximum Gasteiger partial charge on any atom is 0.249 e. The molecule has 0 aliphatic carbocycles. The summed E-state index contributed by atoms with van der Waals surface area (Å²) in [5.41, 5.74) is 7.19. The molecule has 2 aromatic carbocycles. The Morgan fingerprint density at radius 3 is 2.74 bits per heavy atom. The molecule has 2 rings (SSSR count). The van der Waals surface area contributed by atoms with Crippen LogP contribution in [0.2, 0.25) is 0 Å². The monoisotopic (exact) mass is 259 g/mol. The quantitative estimate of drug-likeness (QED) is 0.917. The number of halogens is 1. The first-order valence-electron chi connectivity index (χ1n) is 5.84. The van der Waals surface area contributed by atoms with Crippen LogP contribution in [0, 0.1) is 12.7 Å². The maximum absolute atomic E-state index is 13.5. The van der Waals surface area contributed by atoms with Crippen molar-refractivity contribution in [3.63, 3.8) is 0 Å². The van der Waals surface area contributed by atoms with E-state index in [1.54, 1.807) is 36.4 Å². The fourth-order valence-corrected chi connectivity index (χ4v) is 1.76. The molecule has 0 saturated carbocycles. The number of rotatable bonds is 4. The van der Waals surface area contributed by atoms with Gasteiger partial charge < -0.3 is 10.5 Å². The first-order valence-corrected chi connectivity index (χ1v) is 5.84. The van der Waals surface area contributed by atoms with Gasteiger partial charge in [0.1, 0.15) is 6.61 Å². The van der Waals surface area contributed by atoms with Gasteiger partial charge in [-0.15, -0.1) is 0 Å². The first-order chi connectivity index (χ1) is 9.08. The third-order valence-corrected chi connectivity index (χ3v) is 2.75. The molecule has 0 fully saturated rings. The maximum atomic E-state index is 13.5. The molecule has 2 aromatic rings. The molecule has 0 bridgehead atoms. The van der Waals surface area contributed by atoms with Crippen molar-refractivity contribution in [1.29, 1.82) is 0 Å². The van der Waals surface area contributed by atoms with Crippen molar-refractivity contribution >= 4 is 5.91 Å². The second kappa shape index (κ2) is 5.52. The van der Waals surface area contributed by atoms with Crippen molar-refractivity contribution in [3.8, 4) is 5.75 Å². The number of hydrogen-bond donors (Lipinski definition) is 1. The van der Waals surface area contributed by atoms with Crippen LogP contribution in [0.1, 0.15) is 21.5 Å². The molecule has 0 aliphatic rings. The van der Waals surface area contributed by atoms with Crippen LogP contribution in [0.4, 0.5) is 4.39 Å². The lowest BCUT2D eigenvalue weighted by Gasteiger charge is -2.10. The third kappa shape index (κ3) is 3.10. The Kier molecular flexibility index (Phi) is 3.80. The highest BCUT2D eigenvalue weighted by Gasteiger charge is 2.09. The second-order valence-corrected chi connectivity index (χ2v) is 4.24. The molecule has 19 heavy (non-hydrogen) atoms. The van der Waals surface area contributed by atoms with Gasteiger partial charge in [-0.1, -0.05) is 24.3 Å². The molecule has 4 heteroatoms. The molecule has 0 heterocycles. The summed E-state index contributed by atoms with van der Waals surface area (Å²) in [7, 11) is 0. The summed E-state index contributed by atoms with van der Waals surface area (Å²) in [6.07, 6.45) is 0. The lowest BCUT2D eigenvalue weighted by molar-refractivity contribution is 0.0998. The largest absolute Gasteiger partial charge is 0.486 e. The lowest BCUT2D eigenvalue weighted by atomic mass is 10.1. The molecule has 0 radical (unpaired) electrons. The van der Waals surface area contributed by atoms with E-state index in [1.165, 1.54) is 6.07 Å². The number of ether oxygens (including phenoxy) is 1. The summed E-state index contributed by atoms with van der Waals surface area (Å²) < 4.78 is 18.9. The predicted molar refractivity (Wildman–Crippen MR) is 70.4 cm³/mol. The zero-order valence-corrected chi connectivity index (χ0v) is 10.5. The molecular weight excluding hydrogens is 245 g/mol. The Labute approximate surface area is 110 Å². The SMILES string of the molecule is Cc1ccc(F)c(OCc2ccccc2C(N)=O)c1. The molecule has 0 atom stereocenters. The zero-order chi connectivity index (χ0) is 13.8. The summed E-state index contributed by atoms with van der Waals surface area (Å²) in [5, 5.41) is 0. The van der Waals surface area contributed by atoms with Gasteiger partial charge >= 0.3 is 0 Å². The molecule has 0 aromatic heterocycles. The van der Waals surface area contributed by atoms with Crippen LogP contribution in [0.25, 0.3) is 0 Å². The van der Waals surface area contributed by atoms with Crippen molar-refractivity contribution in [1.82, 2.24) is 0 Å². The number of hydrogen-bond acceptors (Lipinski definition) is 2. The number of amides is 1. The van der Waals surface area contributed by atoms with Gasteiger partial charge in [-0.05, 0) is 30.7 Å². The molecule has 1 amide bonds. The average molecular weight is 259 g/mol. The van der Waals surface area contributed by atoms with E-state index in [4.69, 9.17) is 10.5 Å². The van der Waals surface area contributed by atoms with Crippen LogP contribution in [-0.2, 0) is 6.61 Å². The number of carbonyl (C=O) groups is 1. The summed E-state index contributed by atoms with van der Waals surface area (Å²) >= 11 is 0. The normalized spacial score (nSPS) is 10.2. The fraction of sp³-hybridized carbons (Fsp3) is 0.133. The lowest BCUT2D eigenvalue weighted by Crippen LogP contribution is -2.14. The van der Waals surface area contributed by atoms with E-state index in [-0.39, 0.29) is 12.4 Å². The first kappa shape index (κ1) is 13.1. The Morgan fingerprint density at radius 2 is 2.00 bits per heavy atom. The molecule has 98 valence electrons. The van der Waals surface area contributed by atoms with Crippen LogP contribution in [0.5, 0.6) is 5.75 Å². The van der Waals surface area contributed by atoms with E-state index in [1.807, 2.05) is 6.92 Å². The topological polar surface area (TPSA) is 52.3 Å². The van der Waals surface area contributed by atoms with Crippen LogP contribution in [-0.4, -0.2) is 5.91 Å². The third-order valence-electron chi connectivity index (χ3n) is 2.75. The summed E-state index contributed by atoms with van der Waals surface area (Å²) in [6.45, 7) is 1.95. The number of aryl methyl sites for hydroxylation is 1. The van der Waals surface area contributed by atoms with Gasteiger partial charge in [0.05, 0.1) is 0 Å². The van der Waals surface area contributed by atoms with Gasteiger partial charge in [-0.25, -0.2) is 4.39 Å². The Hall–Kier alpha value is -2.36. The molecule has 0 spiro atoms. The van der Waals surface area contributed by atoms with E-state index < -0.39 is 11.7 Å². The van der Waals surface area contributed by atoms with E-state index >= 15 is 0 Å². The highest BCUT2D eigenvalue weighted by atomic mass is 19.1. The minimum atomic E-state index is -0.524.